The number of carbonyl (C=O) groups excluding carboxylic acids is 1. The first kappa shape index (κ1) is 18.1. The number of nitriles is 1. The van der Waals surface area contributed by atoms with Gasteiger partial charge >= 0.3 is 0 Å². The fraction of sp³-hybridized carbons (Fsp3) is 0.273. The number of amides is 1. The molecule has 0 unspecified atom stereocenters. The molecule has 2 aliphatic rings. The molecule has 1 fully saturated rings. The second kappa shape index (κ2) is 7.75. The van der Waals surface area contributed by atoms with Crippen LogP contribution in [0.5, 0.6) is 5.75 Å². The summed E-state index contributed by atoms with van der Waals surface area (Å²) in [4.78, 5) is 13.7. The minimum absolute atomic E-state index is 0.00324. The average molecular weight is 374 g/mol. The van der Waals surface area contributed by atoms with E-state index in [-0.39, 0.29) is 12.0 Å². The SMILES string of the molecule is CNCC(=O)N1CC(Oc2cc(-c3cccc(C#N)c3)cc3c2CNC=C3)C1. The van der Waals surface area contributed by atoms with E-state index in [0.717, 1.165) is 28.0 Å². The van der Waals surface area contributed by atoms with Gasteiger partial charge in [-0.05, 0) is 60.3 Å². The van der Waals surface area contributed by atoms with E-state index in [4.69, 9.17) is 4.74 Å². The fourth-order valence-corrected chi connectivity index (χ4v) is 3.51. The van der Waals surface area contributed by atoms with E-state index < -0.39 is 0 Å². The zero-order chi connectivity index (χ0) is 19.5. The molecule has 0 aliphatic carbocycles. The average Bonchev–Trinajstić information content (AvgIpc) is 2.70. The Morgan fingerprint density at radius 2 is 2.18 bits per heavy atom. The minimum atomic E-state index is -0.00324. The predicted octanol–water partition coefficient (Wildman–Crippen LogP) is 2.11. The Hall–Kier alpha value is -3.30. The first-order valence-corrected chi connectivity index (χ1v) is 9.34. The number of ether oxygens (including phenoxy) is 1. The Labute approximate surface area is 164 Å². The third-order valence-corrected chi connectivity index (χ3v) is 5.05. The molecule has 1 amide bonds. The molecule has 28 heavy (non-hydrogen) atoms. The molecule has 1 saturated heterocycles. The maximum atomic E-state index is 11.9. The molecule has 142 valence electrons. The Kier molecular flexibility index (Phi) is 5.00. The molecule has 2 heterocycles. The van der Waals surface area contributed by atoms with Crippen molar-refractivity contribution in [3.05, 3.63) is 59.3 Å². The van der Waals surface area contributed by atoms with Crippen molar-refractivity contribution < 1.29 is 9.53 Å². The van der Waals surface area contributed by atoms with Gasteiger partial charge in [-0.2, -0.15) is 5.26 Å². The Morgan fingerprint density at radius 1 is 1.32 bits per heavy atom. The van der Waals surface area contributed by atoms with Gasteiger partial charge in [-0.25, -0.2) is 0 Å². The molecule has 2 aromatic carbocycles. The van der Waals surface area contributed by atoms with Crippen molar-refractivity contribution >= 4 is 12.0 Å². The molecule has 0 spiro atoms. The smallest absolute Gasteiger partial charge is 0.236 e. The normalized spacial score (nSPS) is 15.2. The van der Waals surface area contributed by atoms with Crippen LogP contribution < -0.4 is 15.4 Å². The Balaban J connectivity index is 1.59. The molecule has 2 aliphatic heterocycles. The third-order valence-electron chi connectivity index (χ3n) is 5.05. The number of carbonyl (C=O) groups is 1. The molecule has 0 saturated carbocycles. The number of nitrogens with zero attached hydrogens (tertiary/aromatic N) is 2. The molecule has 6 heteroatoms. The topological polar surface area (TPSA) is 77.4 Å². The first-order chi connectivity index (χ1) is 13.7. The maximum absolute atomic E-state index is 11.9. The Bertz CT molecular complexity index is 971. The first-order valence-electron chi connectivity index (χ1n) is 9.34. The summed E-state index contributed by atoms with van der Waals surface area (Å²) in [5, 5.41) is 15.3. The Morgan fingerprint density at radius 3 is 2.96 bits per heavy atom. The van der Waals surface area contributed by atoms with E-state index in [1.807, 2.05) is 36.5 Å². The van der Waals surface area contributed by atoms with E-state index in [0.29, 0.717) is 31.7 Å². The molecule has 0 aromatic heterocycles. The van der Waals surface area contributed by atoms with E-state index in [2.05, 4.69) is 22.8 Å². The van der Waals surface area contributed by atoms with Gasteiger partial charge in [0.2, 0.25) is 5.91 Å². The highest BCUT2D eigenvalue weighted by molar-refractivity contribution is 5.79. The monoisotopic (exact) mass is 374 g/mol. The number of hydrogen-bond donors (Lipinski definition) is 2. The molecule has 2 aromatic rings. The van der Waals surface area contributed by atoms with Gasteiger partial charge in [0, 0.05) is 12.1 Å². The number of hydrogen-bond acceptors (Lipinski definition) is 5. The fourth-order valence-electron chi connectivity index (χ4n) is 3.51. The standard InChI is InChI=1S/C22H22N4O2/c1-24-12-22(27)26-13-19(14-26)28-21-9-18(8-17-5-6-25-11-20(17)21)16-4-2-3-15(7-16)10-23/h2-9,19,24-25H,11-14H2,1H3. The maximum Gasteiger partial charge on any atom is 0.236 e. The van der Waals surface area contributed by atoms with Crippen LogP contribution in [0.2, 0.25) is 0 Å². The van der Waals surface area contributed by atoms with Gasteiger partial charge in [-0.3, -0.25) is 4.79 Å². The summed E-state index contributed by atoms with van der Waals surface area (Å²) in [5.41, 5.74) is 4.85. The number of likely N-dealkylation sites (N-methyl/N-ethyl adjacent to an activating group) is 1. The van der Waals surface area contributed by atoms with Gasteiger partial charge < -0.3 is 20.3 Å². The van der Waals surface area contributed by atoms with E-state index in [9.17, 15) is 10.1 Å². The lowest BCUT2D eigenvalue weighted by molar-refractivity contribution is -0.138. The lowest BCUT2D eigenvalue weighted by Gasteiger charge is -2.39. The summed E-state index contributed by atoms with van der Waals surface area (Å²) >= 11 is 0. The molecule has 0 atom stereocenters. The van der Waals surface area contributed by atoms with Crippen molar-refractivity contribution in [2.45, 2.75) is 12.6 Å². The van der Waals surface area contributed by atoms with Crippen molar-refractivity contribution in [1.29, 1.82) is 5.26 Å². The quantitative estimate of drug-likeness (QED) is 0.838. The molecular formula is C22H22N4O2. The summed E-state index contributed by atoms with van der Waals surface area (Å²) in [6.07, 6.45) is 3.96. The van der Waals surface area contributed by atoms with Crippen LogP contribution >= 0.6 is 0 Å². The summed E-state index contributed by atoms with van der Waals surface area (Å²) < 4.78 is 6.27. The van der Waals surface area contributed by atoms with Crippen LogP contribution in [0.4, 0.5) is 0 Å². The molecule has 4 rings (SSSR count). The molecule has 0 radical (unpaired) electrons. The van der Waals surface area contributed by atoms with Gasteiger partial charge in [0.25, 0.3) is 0 Å². The summed E-state index contributed by atoms with van der Waals surface area (Å²) in [6, 6.07) is 13.9. The van der Waals surface area contributed by atoms with Crippen molar-refractivity contribution in [3.63, 3.8) is 0 Å². The van der Waals surface area contributed by atoms with E-state index >= 15 is 0 Å². The molecule has 2 N–H and O–H groups in total. The van der Waals surface area contributed by atoms with E-state index in [1.165, 1.54) is 0 Å². The van der Waals surface area contributed by atoms with E-state index in [1.54, 1.807) is 18.0 Å². The molecule has 0 bridgehead atoms. The van der Waals surface area contributed by atoms with Crippen LogP contribution in [-0.4, -0.2) is 43.6 Å². The zero-order valence-electron chi connectivity index (χ0n) is 15.7. The molecular weight excluding hydrogens is 352 g/mol. The van der Waals surface area contributed by atoms with Gasteiger partial charge in [0.05, 0.1) is 31.3 Å². The van der Waals surface area contributed by atoms with Crippen LogP contribution in [0.1, 0.15) is 16.7 Å². The van der Waals surface area contributed by atoms with Crippen LogP contribution in [0.15, 0.2) is 42.6 Å². The summed E-state index contributed by atoms with van der Waals surface area (Å²) in [6.45, 7) is 2.26. The number of likely N-dealkylation sites (tertiary alicyclic amines) is 1. The van der Waals surface area contributed by atoms with Crippen molar-refractivity contribution in [1.82, 2.24) is 15.5 Å². The lowest BCUT2D eigenvalue weighted by atomic mass is 9.95. The second-order valence-electron chi connectivity index (χ2n) is 7.02. The van der Waals surface area contributed by atoms with Crippen LogP contribution in [0.25, 0.3) is 17.2 Å². The molecule has 6 nitrogen and oxygen atoms in total. The third kappa shape index (κ3) is 3.57. The van der Waals surface area contributed by atoms with Crippen LogP contribution in [0, 0.1) is 11.3 Å². The summed E-state index contributed by atoms with van der Waals surface area (Å²) in [5.74, 6) is 0.925. The van der Waals surface area contributed by atoms with Crippen molar-refractivity contribution in [2.75, 3.05) is 26.7 Å². The van der Waals surface area contributed by atoms with Crippen molar-refractivity contribution in [3.8, 4) is 22.9 Å². The largest absolute Gasteiger partial charge is 0.486 e. The second-order valence-corrected chi connectivity index (χ2v) is 7.02. The number of rotatable bonds is 5. The minimum Gasteiger partial charge on any atom is -0.486 e. The van der Waals surface area contributed by atoms with Crippen molar-refractivity contribution in [2.24, 2.45) is 0 Å². The highest BCUT2D eigenvalue weighted by atomic mass is 16.5. The number of benzene rings is 2. The summed E-state index contributed by atoms with van der Waals surface area (Å²) in [7, 11) is 1.77. The van der Waals surface area contributed by atoms with Gasteiger partial charge in [-0.15, -0.1) is 0 Å². The van der Waals surface area contributed by atoms with Gasteiger partial charge in [-0.1, -0.05) is 12.1 Å². The lowest BCUT2D eigenvalue weighted by Crippen LogP contribution is -2.57. The number of fused-ring (bicyclic) bond motifs is 1. The van der Waals surface area contributed by atoms with Crippen LogP contribution in [-0.2, 0) is 11.3 Å². The highest BCUT2D eigenvalue weighted by Gasteiger charge is 2.32. The van der Waals surface area contributed by atoms with Crippen LogP contribution in [0.3, 0.4) is 0 Å². The number of nitrogens with one attached hydrogen (secondary N) is 2. The van der Waals surface area contributed by atoms with Gasteiger partial charge in [0.15, 0.2) is 0 Å². The predicted molar refractivity (Wildman–Crippen MR) is 107 cm³/mol. The zero-order valence-corrected chi connectivity index (χ0v) is 15.7. The highest BCUT2D eigenvalue weighted by Crippen LogP contribution is 2.34. The van der Waals surface area contributed by atoms with Gasteiger partial charge in [0.1, 0.15) is 11.9 Å².